The number of benzene rings is 2. The zero-order valence-corrected chi connectivity index (χ0v) is 16.2. The number of aryl methyl sites for hydroxylation is 1. The Balaban J connectivity index is 1.58. The fraction of sp³-hybridized carbons (Fsp3) is 0.200. The molecule has 1 atom stereocenters. The lowest BCUT2D eigenvalue weighted by Crippen LogP contribution is -2.22. The van der Waals surface area contributed by atoms with Crippen molar-refractivity contribution in [3.05, 3.63) is 54.3 Å². The molecule has 1 N–H and O–H groups in total. The quantitative estimate of drug-likeness (QED) is 0.511. The molecule has 142 valence electrons. The molecule has 0 fully saturated rings. The van der Waals surface area contributed by atoms with Crippen molar-refractivity contribution in [3.8, 4) is 0 Å². The van der Waals surface area contributed by atoms with E-state index in [9.17, 15) is 9.18 Å². The van der Waals surface area contributed by atoms with Gasteiger partial charge in [0.05, 0.1) is 10.8 Å². The predicted molar refractivity (Wildman–Crippen MR) is 109 cm³/mol. The molecule has 1 amide bonds. The number of fused-ring (bicyclic) bond motifs is 3. The highest BCUT2D eigenvalue weighted by atomic mass is 32.2. The minimum absolute atomic E-state index is 0.212. The molecule has 4 rings (SSSR count). The van der Waals surface area contributed by atoms with Gasteiger partial charge < -0.3 is 9.88 Å². The predicted octanol–water partition coefficient (Wildman–Crippen LogP) is 4.26. The number of hydrogen-bond donors (Lipinski definition) is 1. The molecular formula is C20H18FN5OS. The topological polar surface area (TPSA) is 72.7 Å². The average molecular weight is 395 g/mol. The fourth-order valence-electron chi connectivity index (χ4n) is 3.05. The number of nitrogens with zero attached hydrogens (tertiary/aromatic N) is 4. The van der Waals surface area contributed by atoms with Gasteiger partial charge in [0.2, 0.25) is 11.1 Å². The van der Waals surface area contributed by atoms with Crippen molar-refractivity contribution < 1.29 is 9.18 Å². The monoisotopic (exact) mass is 395 g/mol. The molecule has 0 aliphatic rings. The van der Waals surface area contributed by atoms with E-state index in [0.717, 1.165) is 28.6 Å². The van der Waals surface area contributed by atoms with Gasteiger partial charge >= 0.3 is 0 Å². The highest BCUT2D eigenvalue weighted by Gasteiger charge is 2.19. The van der Waals surface area contributed by atoms with Crippen LogP contribution in [-0.2, 0) is 11.3 Å². The zero-order chi connectivity index (χ0) is 19.7. The number of nitrogens with one attached hydrogen (secondary N) is 1. The summed E-state index contributed by atoms with van der Waals surface area (Å²) in [7, 11) is 0. The van der Waals surface area contributed by atoms with Crippen LogP contribution in [0, 0.1) is 5.82 Å². The number of halogens is 1. The lowest BCUT2D eigenvalue weighted by molar-refractivity contribution is -0.115. The van der Waals surface area contributed by atoms with E-state index >= 15 is 0 Å². The first-order chi connectivity index (χ1) is 13.6. The van der Waals surface area contributed by atoms with Gasteiger partial charge in [-0.15, -0.1) is 10.2 Å². The van der Waals surface area contributed by atoms with E-state index in [2.05, 4.69) is 32.0 Å². The second-order valence-electron chi connectivity index (χ2n) is 6.28. The first kappa shape index (κ1) is 18.4. The molecule has 2 heterocycles. The van der Waals surface area contributed by atoms with Crippen LogP contribution >= 0.6 is 11.8 Å². The number of rotatable bonds is 5. The van der Waals surface area contributed by atoms with E-state index in [0.29, 0.717) is 10.8 Å². The molecule has 0 aliphatic heterocycles. The first-order valence-corrected chi connectivity index (χ1v) is 9.79. The van der Waals surface area contributed by atoms with Crippen LogP contribution in [0.1, 0.15) is 13.8 Å². The van der Waals surface area contributed by atoms with E-state index in [1.165, 1.54) is 36.0 Å². The fourth-order valence-corrected chi connectivity index (χ4v) is 3.76. The van der Waals surface area contributed by atoms with Crippen LogP contribution in [0.15, 0.2) is 53.7 Å². The molecule has 2 aromatic carbocycles. The van der Waals surface area contributed by atoms with Gasteiger partial charge in [0.1, 0.15) is 11.3 Å². The van der Waals surface area contributed by atoms with Crippen LogP contribution in [0.3, 0.4) is 0 Å². The van der Waals surface area contributed by atoms with E-state index in [1.807, 2.05) is 24.3 Å². The average Bonchev–Trinajstić information content (AvgIpc) is 3.02. The maximum absolute atomic E-state index is 13.0. The molecule has 0 radical (unpaired) electrons. The third-order valence-corrected chi connectivity index (χ3v) is 5.39. The third kappa shape index (κ3) is 3.43. The van der Waals surface area contributed by atoms with Crippen LogP contribution in [-0.4, -0.2) is 30.9 Å². The highest BCUT2D eigenvalue weighted by molar-refractivity contribution is 8.00. The summed E-state index contributed by atoms with van der Waals surface area (Å²) < 4.78 is 15.1. The molecular weight excluding hydrogens is 377 g/mol. The molecule has 8 heteroatoms. The Labute approximate surface area is 165 Å². The SMILES string of the molecule is CCn1c2ccccc2c2nnc(S[C@@H](C)C(=O)Nc3ccc(F)cc3)nc21. The van der Waals surface area contributed by atoms with Crippen molar-refractivity contribution in [2.75, 3.05) is 5.32 Å². The molecule has 0 aliphatic carbocycles. The molecule has 6 nitrogen and oxygen atoms in total. The third-order valence-electron chi connectivity index (χ3n) is 4.43. The number of anilines is 1. The second kappa shape index (κ2) is 7.55. The number of aromatic nitrogens is 4. The molecule has 0 saturated carbocycles. The molecule has 4 aromatic rings. The largest absolute Gasteiger partial charge is 0.325 e. The van der Waals surface area contributed by atoms with Gasteiger partial charge in [0, 0.05) is 17.6 Å². The molecule has 28 heavy (non-hydrogen) atoms. The normalized spacial score (nSPS) is 12.4. The van der Waals surface area contributed by atoms with Crippen molar-refractivity contribution in [1.82, 2.24) is 19.7 Å². The molecule has 0 spiro atoms. The summed E-state index contributed by atoms with van der Waals surface area (Å²) in [4.78, 5) is 17.1. The summed E-state index contributed by atoms with van der Waals surface area (Å²) in [5, 5.41) is 12.3. The summed E-state index contributed by atoms with van der Waals surface area (Å²) in [6.45, 7) is 4.58. The summed E-state index contributed by atoms with van der Waals surface area (Å²) in [6.07, 6.45) is 0. The Hall–Kier alpha value is -3.00. The summed E-state index contributed by atoms with van der Waals surface area (Å²) >= 11 is 1.23. The van der Waals surface area contributed by atoms with Gasteiger partial charge in [0.25, 0.3) is 0 Å². The summed E-state index contributed by atoms with van der Waals surface area (Å²) in [5.74, 6) is -0.559. The molecule has 0 saturated heterocycles. The van der Waals surface area contributed by atoms with Crippen molar-refractivity contribution in [3.63, 3.8) is 0 Å². The van der Waals surface area contributed by atoms with E-state index in [-0.39, 0.29) is 11.7 Å². The lowest BCUT2D eigenvalue weighted by Gasteiger charge is -2.11. The zero-order valence-electron chi connectivity index (χ0n) is 15.4. The highest BCUT2D eigenvalue weighted by Crippen LogP contribution is 2.28. The Kier molecular flexibility index (Phi) is 4.95. The number of amides is 1. The maximum atomic E-state index is 13.0. The van der Waals surface area contributed by atoms with Gasteiger partial charge in [-0.1, -0.05) is 30.0 Å². The number of hydrogen-bond acceptors (Lipinski definition) is 5. The maximum Gasteiger partial charge on any atom is 0.237 e. The van der Waals surface area contributed by atoms with Gasteiger partial charge in [-0.05, 0) is 44.2 Å². The smallest absolute Gasteiger partial charge is 0.237 e. The number of carbonyl (C=O) groups is 1. The minimum atomic E-state index is -0.441. The van der Waals surface area contributed by atoms with Crippen LogP contribution in [0.5, 0.6) is 0 Å². The molecule has 2 aromatic heterocycles. The van der Waals surface area contributed by atoms with Gasteiger partial charge in [0.15, 0.2) is 5.65 Å². The number of thioether (sulfide) groups is 1. The van der Waals surface area contributed by atoms with Crippen LogP contribution in [0.2, 0.25) is 0 Å². The van der Waals surface area contributed by atoms with Crippen molar-refractivity contribution >= 4 is 45.4 Å². The molecule has 0 unspecified atom stereocenters. The van der Waals surface area contributed by atoms with Crippen LogP contribution < -0.4 is 5.32 Å². The van der Waals surface area contributed by atoms with Crippen molar-refractivity contribution in [2.45, 2.75) is 30.8 Å². The Morgan fingerprint density at radius 2 is 1.93 bits per heavy atom. The van der Waals surface area contributed by atoms with Gasteiger partial charge in [-0.2, -0.15) is 0 Å². The van der Waals surface area contributed by atoms with E-state index in [1.54, 1.807) is 6.92 Å². The second-order valence-corrected chi connectivity index (χ2v) is 7.59. The number of para-hydroxylation sites is 1. The summed E-state index contributed by atoms with van der Waals surface area (Å²) in [6, 6.07) is 13.6. The van der Waals surface area contributed by atoms with Gasteiger partial charge in [-0.3, -0.25) is 4.79 Å². The van der Waals surface area contributed by atoms with Crippen LogP contribution in [0.25, 0.3) is 22.1 Å². The van der Waals surface area contributed by atoms with E-state index in [4.69, 9.17) is 0 Å². The van der Waals surface area contributed by atoms with Crippen LogP contribution in [0.4, 0.5) is 10.1 Å². The Morgan fingerprint density at radius 3 is 2.68 bits per heavy atom. The Bertz CT molecular complexity index is 1160. The van der Waals surface area contributed by atoms with Gasteiger partial charge in [-0.25, -0.2) is 9.37 Å². The summed E-state index contributed by atoms with van der Waals surface area (Å²) in [5.41, 5.74) is 3.11. The van der Waals surface area contributed by atoms with E-state index < -0.39 is 5.25 Å². The minimum Gasteiger partial charge on any atom is -0.325 e. The Morgan fingerprint density at radius 1 is 1.18 bits per heavy atom. The molecule has 0 bridgehead atoms. The lowest BCUT2D eigenvalue weighted by atomic mass is 10.2. The van der Waals surface area contributed by atoms with Crippen molar-refractivity contribution in [1.29, 1.82) is 0 Å². The van der Waals surface area contributed by atoms with Crippen molar-refractivity contribution in [2.24, 2.45) is 0 Å². The number of carbonyl (C=O) groups excluding carboxylic acids is 1. The standard InChI is InChI=1S/C20H18FN5OS/c1-3-26-16-7-5-4-6-15(16)17-18(26)23-20(25-24-17)28-12(2)19(27)22-14-10-8-13(21)9-11-14/h4-12H,3H2,1-2H3,(H,22,27)/t12-/m0/s1. The first-order valence-electron chi connectivity index (χ1n) is 8.91.